The van der Waals surface area contributed by atoms with Crippen molar-refractivity contribution in [2.75, 3.05) is 19.9 Å². The van der Waals surface area contributed by atoms with E-state index < -0.39 is 10.0 Å². The maximum absolute atomic E-state index is 11.0. The van der Waals surface area contributed by atoms with Gasteiger partial charge in [-0.3, -0.25) is 0 Å². The summed E-state index contributed by atoms with van der Waals surface area (Å²) in [6, 6.07) is 9.20. The first-order valence-corrected chi connectivity index (χ1v) is 8.53. The van der Waals surface area contributed by atoms with Crippen molar-refractivity contribution in [3.05, 3.63) is 35.9 Å². The lowest BCUT2D eigenvalue weighted by molar-refractivity contribution is 0.415. The molecular formula is C15H19NO4S. The third-order valence-corrected chi connectivity index (χ3v) is 4.01. The number of nitrogens with one attached hydrogen (secondary N) is 1. The third-order valence-electron chi connectivity index (χ3n) is 3.28. The summed E-state index contributed by atoms with van der Waals surface area (Å²) in [7, 11) is -1.58. The summed E-state index contributed by atoms with van der Waals surface area (Å²) in [6.45, 7) is 0.346. The van der Waals surface area contributed by atoms with Gasteiger partial charge in [-0.1, -0.05) is 12.1 Å². The predicted octanol–water partition coefficient (Wildman–Crippen LogP) is 2.04. The number of hydrogen-bond acceptors (Lipinski definition) is 4. The van der Waals surface area contributed by atoms with Crippen molar-refractivity contribution >= 4 is 20.8 Å². The largest absolute Gasteiger partial charge is 0.508 e. The summed E-state index contributed by atoms with van der Waals surface area (Å²) >= 11 is 0. The van der Waals surface area contributed by atoms with Gasteiger partial charge in [0.2, 0.25) is 10.0 Å². The zero-order valence-corrected chi connectivity index (χ0v) is 12.9. The van der Waals surface area contributed by atoms with Crippen LogP contribution in [0.5, 0.6) is 11.5 Å². The van der Waals surface area contributed by atoms with Gasteiger partial charge in [-0.25, -0.2) is 13.1 Å². The number of hydrogen-bond donors (Lipinski definition) is 2. The summed E-state index contributed by atoms with van der Waals surface area (Å²) in [5, 5.41) is 12.0. The predicted molar refractivity (Wildman–Crippen MR) is 83.3 cm³/mol. The second kappa shape index (κ2) is 6.32. The number of benzene rings is 2. The van der Waals surface area contributed by atoms with Gasteiger partial charge in [-0.2, -0.15) is 0 Å². The minimum atomic E-state index is -3.17. The molecule has 0 fully saturated rings. The van der Waals surface area contributed by atoms with Gasteiger partial charge in [0.15, 0.2) is 0 Å². The Bertz CT molecular complexity index is 741. The van der Waals surface area contributed by atoms with Crippen molar-refractivity contribution in [1.29, 1.82) is 0 Å². The van der Waals surface area contributed by atoms with Crippen LogP contribution in [0.15, 0.2) is 30.3 Å². The molecule has 0 unspecified atom stereocenters. The molecule has 2 N–H and O–H groups in total. The minimum Gasteiger partial charge on any atom is -0.508 e. The Hall–Kier alpha value is -1.79. The SMILES string of the molecule is COc1ccc2ccc(O)c(CCCNS(C)(=O)=O)c2c1. The molecule has 2 aromatic rings. The minimum absolute atomic E-state index is 0.218. The van der Waals surface area contributed by atoms with E-state index >= 15 is 0 Å². The molecule has 0 aromatic heterocycles. The van der Waals surface area contributed by atoms with Gasteiger partial charge in [0.1, 0.15) is 11.5 Å². The molecule has 2 aromatic carbocycles. The molecule has 6 heteroatoms. The molecule has 5 nitrogen and oxygen atoms in total. The molecule has 21 heavy (non-hydrogen) atoms. The zero-order chi connectivity index (χ0) is 15.5. The van der Waals surface area contributed by atoms with Crippen LogP contribution in [0.2, 0.25) is 0 Å². The fourth-order valence-corrected chi connectivity index (χ4v) is 2.78. The van der Waals surface area contributed by atoms with E-state index in [0.29, 0.717) is 19.4 Å². The molecule has 0 aliphatic rings. The molecule has 0 bridgehead atoms. The van der Waals surface area contributed by atoms with Crippen molar-refractivity contribution in [2.45, 2.75) is 12.8 Å². The van der Waals surface area contributed by atoms with E-state index in [4.69, 9.17) is 4.74 Å². The number of phenolic OH excluding ortho intramolecular Hbond substituents is 1. The molecule has 0 amide bonds. The molecule has 0 aliphatic carbocycles. The fraction of sp³-hybridized carbons (Fsp3) is 0.333. The number of methoxy groups -OCH3 is 1. The average Bonchev–Trinajstić information content (AvgIpc) is 2.43. The first-order valence-electron chi connectivity index (χ1n) is 6.64. The average molecular weight is 309 g/mol. The van der Waals surface area contributed by atoms with E-state index in [-0.39, 0.29) is 5.75 Å². The summed E-state index contributed by atoms with van der Waals surface area (Å²) in [4.78, 5) is 0. The third kappa shape index (κ3) is 4.09. The fourth-order valence-electron chi connectivity index (χ4n) is 2.26. The van der Waals surface area contributed by atoms with Crippen LogP contribution >= 0.6 is 0 Å². The van der Waals surface area contributed by atoms with Crippen molar-refractivity contribution in [2.24, 2.45) is 0 Å². The van der Waals surface area contributed by atoms with Crippen LogP contribution in [0.1, 0.15) is 12.0 Å². The molecule has 0 spiro atoms. The Morgan fingerprint density at radius 2 is 1.95 bits per heavy atom. The lowest BCUT2D eigenvalue weighted by atomic mass is 9.99. The Balaban J connectivity index is 2.23. The highest BCUT2D eigenvalue weighted by Crippen LogP contribution is 2.30. The van der Waals surface area contributed by atoms with Crippen LogP contribution < -0.4 is 9.46 Å². The van der Waals surface area contributed by atoms with E-state index in [1.807, 2.05) is 24.3 Å². The quantitative estimate of drug-likeness (QED) is 0.801. The number of aryl methyl sites for hydroxylation is 1. The van der Waals surface area contributed by atoms with Crippen molar-refractivity contribution in [1.82, 2.24) is 4.72 Å². The van der Waals surface area contributed by atoms with Crippen LogP contribution in [-0.2, 0) is 16.4 Å². The summed E-state index contributed by atoms with van der Waals surface area (Å²) in [5.74, 6) is 0.943. The highest BCUT2D eigenvalue weighted by Gasteiger charge is 2.09. The monoisotopic (exact) mass is 309 g/mol. The second-order valence-electron chi connectivity index (χ2n) is 4.92. The van der Waals surface area contributed by atoms with Crippen LogP contribution in [0, 0.1) is 0 Å². The number of phenols is 1. The zero-order valence-electron chi connectivity index (χ0n) is 12.1. The van der Waals surface area contributed by atoms with Gasteiger partial charge in [-0.05, 0) is 41.8 Å². The van der Waals surface area contributed by atoms with Gasteiger partial charge in [0.25, 0.3) is 0 Å². The van der Waals surface area contributed by atoms with Crippen LogP contribution in [0.4, 0.5) is 0 Å². The van der Waals surface area contributed by atoms with E-state index in [1.54, 1.807) is 13.2 Å². The Kier molecular flexibility index (Phi) is 4.69. The van der Waals surface area contributed by atoms with Gasteiger partial charge in [0.05, 0.1) is 13.4 Å². The van der Waals surface area contributed by atoms with Crippen LogP contribution in [0.3, 0.4) is 0 Å². The maximum Gasteiger partial charge on any atom is 0.208 e. The maximum atomic E-state index is 11.0. The van der Waals surface area contributed by atoms with E-state index in [0.717, 1.165) is 28.3 Å². The number of rotatable bonds is 6. The first-order chi connectivity index (χ1) is 9.90. The van der Waals surface area contributed by atoms with Crippen LogP contribution in [-0.4, -0.2) is 33.4 Å². The highest BCUT2D eigenvalue weighted by atomic mass is 32.2. The lowest BCUT2D eigenvalue weighted by Crippen LogP contribution is -2.23. The topological polar surface area (TPSA) is 75.6 Å². The molecule has 0 radical (unpaired) electrons. The Morgan fingerprint density at radius 3 is 2.62 bits per heavy atom. The molecule has 114 valence electrons. The van der Waals surface area contributed by atoms with Gasteiger partial charge < -0.3 is 9.84 Å². The van der Waals surface area contributed by atoms with E-state index in [2.05, 4.69) is 4.72 Å². The number of ether oxygens (including phenoxy) is 1. The summed E-state index contributed by atoms with van der Waals surface area (Å²) < 4.78 is 29.7. The van der Waals surface area contributed by atoms with Gasteiger partial charge in [0, 0.05) is 12.1 Å². The summed E-state index contributed by atoms with van der Waals surface area (Å²) in [5.41, 5.74) is 0.807. The highest BCUT2D eigenvalue weighted by molar-refractivity contribution is 7.88. The summed E-state index contributed by atoms with van der Waals surface area (Å²) in [6.07, 6.45) is 2.32. The smallest absolute Gasteiger partial charge is 0.208 e. The van der Waals surface area contributed by atoms with Crippen molar-refractivity contribution in [3.63, 3.8) is 0 Å². The Labute approximate surface area is 124 Å². The van der Waals surface area contributed by atoms with Crippen molar-refractivity contribution in [3.8, 4) is 11.5 Å². The molecule has 0 aliphatic heterocycles. The lowest BCUT2D eigenvalue weighted by Gasteiger charge is -2.11. The molecule has 2 rings (SSSR count). The number of sulfonamides is 1. The number of fused-ring (bicyclic) bond motifs is 1. The molecule has 0 saturated carbocycles. The van der Waals surface area contributed by atoms with Crippen molar-refractivity contribution < 1.29 is 18.3 Å². The molecule has 0 heterocycles. The standard InChI is InChI=1S/C15H19NO4S/c1-20-12-7-5-11-6-8-15(17)13(14(11)10-12)4-3-9-16-21(2,18)19/h5-8,10,16-17H,3-4,9H2,1-2H3. The molecule has 0 saturated heterocycles. The molecular weight excluding hydrogens is 290 g/mol. The van der Waals surface area contributed by atoms with E-state index in [1.165, 1.54) is 0 Å². The van der Waals surface area contributed by atoms with Gasteiger partial charge >= 0.3 is 0 Å². The van der Waals surface area contributed by atoms with Crippen LogP contribution in [0.25, 0.3) is 10.8 Å². The van der Waals surface area contributed by atoms with Gasteiger partial charge in [-0.15, -0.1) is 0 Å². The van der Waals surface area contributed by atoms with E-state index in [9.17, 15) is 13.5 Å². The second-order valence-corrected chi connectivity index (χ2v) is 6.75. The molecule has 0 atom stereocenters. The number of aromatic hydroxyl groups is 1. The normalized spacial score (nSPS) is 11.7. The first kappa shape index (κ1) is 15.6. The Morgan fingerprint density at radius 1 is 1.24 bits per heavy atom.